The maximum absolute atomic E-state index is 13.2. The number of aryl methyl sites for hydroxylation is 1. The van der Waals surface area contributed by atoms with Gasteiger partial charge in [0.15, 0.2) is 0 Å². The molecule has 0 unspecified atom stereocenters. The van der Waals surface area contributed by atoms with Crippen LogP contribution in [0.2, 0.25) is 5.02 Å². The molecule has 0 fully saturated rings. The molecule has 30 heavy (non-hydrogen) atoms. The van der Waals surface area contributed by atoms with Gasteiger partial charge in [0.2, 0.25) is 0 Å². The van der Waals surface area contributed by atoms with Crippen molar-refractivity contribution >= 4 is 39.4 Å². The van der Waals surface area contributed by atoms with Crippen LogP contribution in [0.3, 0.4) is 0 Å². The van der Waals surface area contributed by atoms with E-state index in [0.717, 1.165) is 15.4 Å². The second kappa shape index (κ2) is 9.56. The summed E-state index contributed by atoms with van der Waals surface area (Å²) in [6.07, 6.45) is 1.45. The fourth-order valence-electron chi connectivity index (χ4n) is 2.64. The predicted octanol–water partition coefficient (Wildman–Crippen LogP) is 3.99. The number of rotatable bonds is 7. The van der Waals surface area contributed by atoms with Crippen molar-refractivity contribution in [3.8, 4) is 0 Å². The minimum atomic E-state index is -3.94. The van der Waals surface area contributed by atoms with Gasteiger partial charge in [-0.05, 0) is 48.9 Å². The number of amides is 1. The molecule has 154 valence electrons. The molecule has 0 aliphatic rings. The number of hydrogen-bond donors (Lipinski definition) is 1. The largest absolute Gasteiger partial charge is 0.271 e. The predicted molar refractivity (Wildman–Crippen MR) is 119 cm³/mol. The summed E-state index contributed by atoms with van der Waals surface area (Å²) in [6.45, 7) is 1.45. The van der Waals surface area contributed by atoms with Crippen LogP contribution in [0.25, 0.3) is 0 Å². The van der Waals surface area contributed by atoms with E-state index < -0.39 is 22.5 Å². The van der Waals surface area contributed by atoms with Crippen molar-refractivity contribution in [2.24, 2.45) is 5.10 Å². The lowest BCUT2D eigenvalue weighted by molar-refractivity contribution is -0.119. The van der Waals surface area contributed by atoms with Crippen molar-refractivity contribution in [2.45, 2.75) is 11.8 Å². The van der Waals surface area contributed by atoms with Gasteiger partial charge >= 0.3 is 0 Å². The second-order valence-corrected chi connectivity index (χ2v) is 8.80. The van der Waals surface area contributed by atoms with Gasteiger partial charge in [-0.1, -0.05) is 59.6 Å². The Kier molecular flexibility index (Phi) is 6.87. The molecule has 0 radical (unpaired) electrons. The number of halogens is 1. The van der Waals surface area contributed by atoms with E-state index in [1.165, 1.54) is 18.3 Å². The first-order valence-electron chi connectivity index (χ1n) is 9.08. The third-order valence-electron chi connectivity index (χ3n) is 4.21. The first kappa shape index (κ1) is 21.5. The number of hydrazone groups is 1. The molecule has 3 aromatic carbocycles. The molecule has 0 aliphatic heterocycles. The molecule has 0 saturated carbocycles. The maximum atomic E-state index is 13.2. The molecule has 6 nitrogen and oxygen atoms in total. The first-order valence-corrected chi connectivity index (χ1v) is 10.9. The van der Waals surface area contributed by atoms with E-state index >= 15 is 0 Å². The minimum Gasteiger partial charge on any atom is -0.271 e. The van der Waals surface area contributed by atoms with Crippen molar-refractivity contribution in [2.75, 3.05) is 10.8 Å². The average Bonchev–Trinajstić information content (AvgIpc) is 2.74. The summed E-state index contributed by atoms with van der Waals surface area (Å²) in [5.41, 5.74) is 4.44. The minimum absolute atomic E-state index is 0.106. The van der Waals surface area contributed by atoms with E-state index in [1.54, 1.807) is 66.7 Å². The van der Waals surface area contributed by atoms with Gasteiger partial charge in [-0.2, -0.15) is 5.10 Å². The number of hydrogen-bond acceptors (Lipinski definition) is 4. The standard InChI is InChI=1S/C22H20ClN3O3S/c1-17-7-13-21(14-8-17)30(28,29)26(20-5-3-2-4-6-20)16-22(27)25-24-15-18-9-11-19(23)12-10-18/h2-15H,16H2,1H3,(H,25,27)/b24-15+. The summed E-state index contributed by atoms with van der Waals surface area (Å²) < 4.78 is 27.5. The Labute approximate surface area is 180 Å². The number of benzene rings is 3. The Hall–Kier alpha value is -3.16. The third-order valence-corrected chi connectivity index (χ3v) is 6.25. The summed E-state index contributed by atoms with van der Waals surface area (Å²) in [6, 6.07) is 21.8. The number of sulfonamides is 1. The number of nitrogens with zero attached hydrogens (tertiary/aromatic N) is 2. The monoisotopic (exact) mass is 441 g/mol. The molecule has 8 heteroatoms. The maximum Gasteiger partial charge on any atom is 0.264 e. The van der Waals surface area contributed by atoms with Gasteiger partial charge in [0, 0.05) is 5.02 Å². The topological polar surface area (TPSA) is 78.8 Å². The van der Waals surface area contributed by atoms with E-state index in [2.05, 4.69) is 10.5 Å². The fraction of sp³-hybridized carbons (Fsp3) is 0.0909. The van der Waals surface area contributed by atoms with Crippen LogP contribution < -0.4 is 9.73 Å². The van der Waals surface area contributed by atoms with Crippen molar-refractivity contribution in [3.05, 3.63) is 95.0 Å². The van der Waals surface area contributed by atoms with Crippen LogP contribution in [0.15, 0.2) is 88.9 Å². The van der Waals surface area contributed by atoms with Crippen LogP contribution in [0, 0.1) is 6.92 Å². The quantitative estimate of drug-likeness (QED) is 0.444. The number of para-hydroxylation sites is 1. The lowest BCUT2D eigenvalue weighted by atomic mass is 10.2. The number of carbonyl (C=O) groups excluding carboxylic acids is 1. The van der Waals surface area contributed by atoms with Gasteiger partial charge in [-0.25, -0.2) is 13.8 Å². The average molecular weight is 442 g/mol. The van der Waals surface area contributed by atoms with Crippen LogP contribution >= 0.6 is 11.6 Å². The summed E-state index contributed by atoms with van der Waals surface area (Å²) in [5.74, 6) is -0.570. The highest BCUT2D eigenvalue weighted by molar-refractivity contribution is 7.92. The molecule has 0 aliphatic carbocycles. The number of anilines is 1. The van der Waals surface area contributed by atoms with E-state index in [1.807, 2.05) is 6.92 Å². The lowest BCUT2D eigenvalue weighted by Crippen LogP contribution is -2.39. The van der Waals surface area contributed by atoms with Gasteiger partial charge in [0.1, 0.15) is 6.54 Å². The molecule has 1 N–H and O–H groups in total. The molecule has 0 saturated heterocycles. The van der Waals surface area contributed by atoms with Crippen molar-refractivity contribution in [1.29, 1.82) is 0 Å². The smallest absolute Gasteiger partial charge is 0.264 e. The Morgan fingerprint density at radius 3 is 2.27 bits per heavy atom. The highest BCUT2D eigenvalue weighted by atomic mass is 35.5. The Bertz CT molecular complexity index is 1130. The zero-order chi connectivity index (χ0) is 21.6. The number of nitrogens with one attached hydrogen (secondary N) is 1. The van der Waals surface area contributed by atoms with E-state index in [0.29, 0.717) is 10.7 Å². The Morgan fingerprint density at radius 1 is 1.00 bits per heavy atom. The van der Waals surface area contributed by atoms with Gasteiger partial charge < -0.3 is 0 Å². The normalized spacial score (nSPS) is 11.4. The van der Waals surface area contributed by atoms with Gasteiger partial charge in [0.25, 0.3) is 15.9 Å². The first-order chi connectivity index (χ1) is 14.4. The van der Waals surface area contributed by atoms with Crippen LogP contribution in [-0.2, 0) is 14.8 Å². The van der Waals surface area contributed by atoms with Gasteiger partial charge in [-0.3, -0.25) is 9.10 Å². The summed E-state index contributed by atoms with van der Waals surface area (Å²) >= 11 is 5.84. The molecule has 3 rings (SSSR count). The molecule has 3 aromatic rings. The molecule has 1 amide bonds. The van der Waals surface area contributed by atoms with Crippen LogP contribution in [0.4, 0.5) is 5.69 Å². The van der Waals surface area contributed by atoms with Crippen molar-refractivity contribution in [1.82, 2.24) is 5.43 Å². The molecule has 0 heterocycles. The Morgan fingerprint density at radius 2 is 1.63 bits per heavy atom. The third kappa shape index (κ3) is 5.46. The van der Waals surface area contributed by atoms with E-state index in [4.69, 9.17) is 11.6 Å². The fourth-order valence-corrected chi connectivity index (χ4v) is 4.19. The van der Waals surface area contributed by atoms with Crippen molar-refractivity contribution in [3.63, 3.8) is 0 Å². The molecular weight excluding hydrogens is 422 g/mol. The molecule has 0 bridgehead atoms. The van der Waals surface area contributed by atoms with Crippen LogP contribution in [0.5, 0.6) is 0 Å². The zero-order valence-corrected chi connectivity index (χ0v) is 17.8. The van der Waals surface area contributed by atoms with Crippen LogP contribution in [-0.4, -0.2) is 27.1 Å². The van der Waals surface area contributed by atoms with E-state index in [9.17, 15) is 13.2 Å². The molecule has 0 aromatic heterocycles. The van der Waals surface area contributed by atoms with Crippen LogP contribution in [0.1, 0.15) is 11.1 Å². The van der Waals surface area contributed by atoms with Gasteiger partial charge in [0.05, 0.1) is 16.8 Å². The van der Waals surface area contributed by atoms with E-state index in [-0.39, 0.29) is 4.90 Å². The number of carbonyl (C=O) groups is 1. The zero-order valence-electron chi connectivity index (χ0n) is 16.2. The Balaban J connectivity index is 1.80. The SMILES string of the molecule is Cc1ccc(S(=O)(=O)N(CC(=O)N/N=C/c2ccc(Cl)cc2)c2ccccc2)cc1. The summed E-state index contributed by atoms with van der Waals surface area (Å²) in [5, 5.41) is 4.49. The van der Waals surface area contributed by atoms with Crippen molar-refractivity contribution < 1.29 is 13.2 Å². The van der Waals surface area contributed by atoms with Gasteiger partial charge in [-0.15, -0.1) is 0 Å². The summed E-state index contributed by atoms with van der Waals surface area (Å²) in [7, 11) is -3.94. The molecule has 0 atom stereocenters. The molecular formula is C22H20ClN3O3S. The lowest BCUT2D eigenvalue weighted by Gasteiger charge is -2.23. The summed E-state index contributed by atoms with van der Waals surface area (Å²) in [4.78, 5) is 12.6. The molecule has 0 spiro atoms. The highest BCUT2D eigenvalue weighted by Crippen LogP contribution is 2.23. The second-order valence-electron chi connectivity index (χ2n) is 6.51. The highest BCUT2D eigenvalue weighted by Gasteiger charge is 2.27.